The molecule has 1 N–H and O–H groups in total. The molecule has 1 rings (SSSR count). The number of benzene rings is 1. The number of hydrogen-bond acceptors (Lipinski definition) is 3. The number of hydrogen-bond donors (Lipinski definition) is 1. The summed E-state index contributed by atoms with van der Waals surface area (Å²) in [5.74, 6) is 0. The molecule has 3 nitrogen and oxygen atoms in total. The molecule has 0 spiro atoms. The van der Waals surface area contributed by atoms with Crippen LogP contribution in [0.3, 0.4) is 0 Å². The Bertz CT molecular complexity index is 344. The van der Waals surface area contributed by atoms with Crippen LogP contribution in [0, 0.1) is 5.41 Å². The van der Waals surface area contributed by atoms with Crippen molar-refractivity contribution in [2.75, 3.05) is 18.5 Å². The van der Waals surface area contributed by atoms with Crippen LogP contribution in [0.1, 0.15) is 26.3 Å². The monoisotopic (exact) mass is 235 g/mol. The topological polar surface area (TPSA) is 38.3 Å². The molecule has 0 heterocycles. The van der Waals surface area contributed by atoms with Gasteiger partial charge in [-0.05, 0) is 24.6 Å². The minimum Gasteiger partial charge on any atom is -0.385 e. The Labute approximate surface area is 103 Å². The smallest absolute Gasteiger partial charge is 0.127 e. The molecule has 0 amide bonds. The number of anilines is 1. The van der Waals surface area contributed by atoms with Crippen molar-refractivity contribution < 1.29 is 9.53 Å². The average Bonchev–Trinajstić information content (AvgIpc) is 2.32. The molecule has 0 radical (unpaired) electrons. The summed E-state index contributed by atoms with van der Waals surface area (Å²) in [6.07, 6.45) is 0.932. The van der Waals surface area contributed by atoms with Crippen molar-refractivity contribution in [3.63, 3.8) is 0 Å². The summed E-state index contributed by atoms with van der Waals surface area (Å²) in [5.41, 5.74) is 1.83. The van der Waals surface area contributed by atoms with Gasteiger partial charge >= 0.3 is 0 Å². The van der Waals surface area contributed by atoms with Gasteiger partial charge in [-0.1, -0.05) is 26.0 Å². The second-order valence-electron chi connectivity index (χ2n) is 4.83. The van der Waals surface area contributed by atoms with Crippen LogP contribution >= 0.6 is 0 Å². The molecule has 94 valence electrons. The van der Waals surface area contributed by atoms with Crippen LogP contribution in [0.4, 0.5) is 5.69 Å². The van der Waals surface area contributed by atoms with E-state index in [1.54, 1.807) is 0 Å². The predicted molar refractivity (Wildman–Crippen MR) is 70.1 cm³/mol. The second-order valence-corrected chi connectivity index (χ2v) is 4.83. The summed E-state index contributed by atoms with van der Waals surface area (Å²) in [5, 5.41) is 3.24. The normalized spacial score (nSPS) is 11.2. The van der Waals surface area contributed by atoms with Crippen molar-refractivity contribution in [3.05, 3.63) is 29.8 Å². The lowest BCUT2D eigenvalue weighted by molar-refractivity contribution is -0.117. The highest BCUT2D eigenvalue weighted by Gasteiger charge is 2.16. The van der Waals surface area contributed by atoms with Gasteiger partial charge in [-0.2, -0.15) is 0 Å². The molecule has 0 aliphatic carbocycles. The molecule has 0 aromatic heterocycles. The van der Waals surface area contributed by atoms with Crippen molar-refractivity contribution in [2.24, 2.45) is 5.41 Å². The van der Waals surface area contributed by atoms with Crippen LogP contribution in [-0.2, 0) is 16.1 Å². The Kier molecular flexibility index (Phi) is 5.16. The highest BCUT2D eigenvalue weighted by molar-refractivity contribution is 5.57. The van der Waals surface area contributed by atoms with Crippen LogP contribution in [0.15, 0.2) is 24.3 Å². The molecular weight excluding hydrogens is 214 g/mol. The fourth-order valence-corrected chi connectivity index (χ4v) is 1.39. The lowest BCUT2D eigenvalue weighted by atomic mass is 9.98. The van der Waals surface area contributed by atoms with Crippen LogP contribution in [0.5, 0.6) is 0 Å². The zero-order chi connectivity index (χ0) is 12.7. The van der Waals surface area contributed by atoms with Gasteiger partial charge < -0.3 is 14.8 Å². The van der Waals surface area contributed by atoms with Gasteiger partial charge in [0.05, 0.1) is 13.2 Å². The van der Waals surface area contributed by atoms with E-state index in [2.05, 4.69) is 12.2 Å². The van der Waals surface area contributed by atoms with E-state index in [1.807, 2.05) is 38.1 Å². The number of rotatable bonds is 7. The molecule has 0 saturated heterocycles. The summed E-state index contributed by atoms with van der Waals surface area (Å²) in [6.45, 7) is 7.72. The molecule has 0 atom stereocenters. The predicted octanol–water partition coefficient (Wildman–Crippen LogP) is 2.86. The Morgan fingerprint density at radius 1 is 1.29 bits per heavy atom. The SMILES string of the molecule is CCNc1ccc(COCC(C)(C)C=O)cc1. The summed E-state index contributed by atoms with van der Waals surface area (Å²) in [6, 6.07) is 8.14. The second kappa shape index (κ2) is 6.40. The van der Waals surface area contributed by atoms with Gasteiger partial charge in [0, 0.05) is 17.6 Å². The maximum Gasteiger partial charge on any atom is 0.127 e. The van der Waals surface area contributed by atoms with Gasteiger partial charge in [-0.25, -0.2) is 0 Å². The first-order valence-corrected chi connectivity index (χ1v) is 5.94. The highest BCUT2D eigenvalue weighted by Crippen LogP contribution is 2.14. The lowest BCUT2D eigenvalue weighted by Crippen LogP contribution is -2.20. The molecule has 1 aromatic rings. The standard InChI is InChI=1S/C14H21NO2/c1-4-15-13-7-5-12(6-8-13)9-17-11-14(2,3)10-16/h5-8,10,15H,4,9,11H2,1-3H3. The van der Waals surface area contributed by atoms with Gasteiger partial charge in [0.1, 0.15) is 6.29 Å². The number of aldehydes is 1. The maximum atomic E-state index is 10.7. The molecule has 0 aliphatic heterocycles. The first-order chi connectivity index (χ1) is 8.07. The van der Waals surface area contributed by atoms with Crippen molar-refractivity contribution in [1.29, 1.82) is 0 Å². The summed E-state index contributed by atoms with van der Waals surface area (Å²) in [4.78, 5) is 10.7. The highest BCUT2D eigenvalue weighted by atomic mass is 16.5. The lowest BCUT2D eigenvalue weighted by Gasteiger charge is -2.16. The van der Waals surface area contributed by atoms with Gasteiger partial charge in [0.15, 0.2) is 0 Å². The third kappa shape index (κ3) is 5.00. The Morgan fingerprint density at radius 2 is 1.94 bits per heavy atom. The molecule has 3 heteroatoms. The van der Waals surface area contributed by atoms with E-state index in [-0.39, 0.29) is 0 Å². The zero-order valence-corrected chi connectivity index (χ0v) is 10.8. The number of carbonyl (C=O) groups excluding carboxylic acids is 1. The van der Waals surface area contributed by atoms with E-state index in [0.29, 0.717) is 13.2 Å². The molecule has 0 bridgehead atoms. The van der Waals surface area contributed by atoms with Crippen molar-refractivity contribution >= 4 is 12.0 Å². The number of ether oxygens (including phenoxy) is 1. The van der Waals surface area contributed by atoms with Crippen LogP contribution in [0.2, 0.25) is 0 Å². The van der Waals surface area contributed by atoms with Crippen LogP contribution < -0.4 is 5.32 Å². The van der Waals surface area contributed by atoms with E-state index < -0.39 is 5.41 Å². The zero-order valence-electron chi connectivity index (χ0n) is 10.8. The fourth-order valence-electron chi connectivity index (χ4n) is 1.39. The third-order valence-corrected chi connectivity index (χ3v) is 2.40. The minimum absolute atomic E-state index is 0.399. The number of carbonyl (C=O) groups is 1. The van der Waals surface area contributed by atoms with Crippen LogP contribution in [-0.4, -0.2) is 19.4 Å². The Morgan fingerprint density at radius 3 is 2.47 bits per heavy atom. The minimum atomic E-state index is -0.399. The Balaban J connectivity index is 2.39. The van der Waals surface area contributed by atoms with Gasteiger partial charge in [-0.3, -0.25) is 0 Å². The molecule has 0 aliphatic rings. The molecule has 0 saturated carbocycles. The number of nitrogens with one attached hydrogen (secondary N) is 1. The fraction of sp³-hybridized carbons (Fsp3) is 0.500. The van der Waals surface area contributed by atoms with Crippen molar-refractivity contribution in [3.8, 4) is 0 Å². The van der Waals surface area contributed by atoms with Gasteiger partial charge in [0.2, 0.25) is 0 Å². The Hall–Kier alpha value is -1.35. The average molecular weight is 235 g/mol. The van der Waals surface area contributed by atoms with E-state index in [9.17, 15) is 4.79 Å². The van der Waals surface area contributed by atoms with E-state index in [1.165, 1.54) is 0 Å². The first-order valence-electron chi connectivity index (χ1n) is 5.94. The summed E-state index contributed by atoms with van der Waals surface area (Å²) < 4.78 is 5.52. The maximum absolute atomic E-state index is 10.7. The van der Waals surface area contributed by atoms with Crippen LogP contribution in [0.25, 0.3) is 0 Å². The van der Waals surface area contributed by atoms with Gasteiger partial charge in [-0.15, -0.1) is 0 Å². The summed E-state index contributed by atoms with van der Waals surface area (Å²) >= 11 is 0. The third-order valence-electron chi connectivity index (χ3n) is 2.40. The molecule has 0 fully saturated rings. The quantitative estimate of drug-likeness (QED) is 0.738. The molecular formula is C14H21NO2. The van der Waals surface area contributed by atoms with Crippen molar-refractivity contribution in [1.82, 2.24) is 0 Å². The summed E-state index contributed by atoms with van der Waals surface area (Å²) in [7, 11) is 0. The molecule has 0 unspecified atom stereocenters. The van der Waals surface area contributed by atoms with E-state index >= 15 is 0 Å². The van der Waals surface area contributed by atoms with E-state index in [4.69, 9.17) is 4.74 Å². The van der Waals surface area contributed by atoms with Gasteiger partial charge in [0.25, 0.3) is 0 Å². The molecule has 17 heavy (non-hydrogen) atoms. The largest absolute Gasteiger partial charge is 0.385 e. The van der Waals surface area contributed by atoms with Crippen molar-refractivity contribution in [2.45, 2.75) is 27.4 Å². The first kappa shape index (κ1) is 13.7. The molecule has 1 aromatic carbocycles. The van der Waals surface area contributed by atoms with E-state index in [0.717, 1.165) is 24.1 Å².